The zero-order chi connectivity index (χ0) is 13.2. The smallest absolute Gasteiger partial charge is 0.333 e. The molecule has 3 nitrogen and oxygen atoms in total. The topological polar surface area (TPSA) is 63.3 Å². The molecule has 0 bridgehead atoms. The van der Waals surface area contributed by atoms with Crippen molar-refractivity contribution in [2.24, 2.45) is 5.73 Å². The molecule has 18 heavy (non-hydrogen) atoms. The third kappa shape index (κ3) is 1.87. The summed E-state index contributed by atoms with van der Waals surface area (Å²) in [6.45, 7) is 0. The Kier molecular flexibility index (Phi) is 3.12. The van der Waals surface area contributed by atoms with Gasteiger partial charge >= 0.3 is 5.97 Å². The van der Waals surface area contributed by atoms with E-state index in [1.165, 1.54) is 18.2 Å². The second-order valence-corrected chi connectivity index (χ2v) is 3.96. The first-order chi connectivity index (χ1) is 8.56. The van der Waals surface area contributed by atoms with Crippen LogP contribution in [0.15, 0.2) is 54.6 Å². The maximum atomic E-state index is 13.8. The molecule has 0 aliphatic carbocycles. The highest BCUT2D eigenvalue weighted by molar-refractivity contribution is 5.85. The van der Waals surface area contributed by atoms with E-state index in [1.807, 2.05) is 0 Å². The van der Waals surface area contributed by atoms with Gasteiger partial charge < -0.3 is 10.8 Å². The van der Waals surface area contributed by atoms with E-state index in [4.69, 9.17) is 5.73 Å². The van der Waals surface area contributed by atoms with E-state index in [9.17, 15) is 14.3 Å². The van der Waals surface area contributed by atoms with E-state index in [0.29, 0.717) is 5.56 Å². The average molecular weight is 245 g/mol. The minimum atomic E-state index is -1.88. The molecule has 1 unspecified atom stereocenters. The Morgan fingerprint density at radius 3 is 2.17 bits per heavy atom. The summed E-state index contributed by atoms with van der Waals surface area (Å²) in [5.74, 6) is -1.93. The molecule has 4 heteroatoms. The number of benzene rings is 2. The lowest BCUT2D eigenvalue weighted by molar-refractivity contribution is -0.142. The molecule has 3 N–H and O–H groups in total. The highest BCUT2D eigenvalue weighted by Crippen LogP contribution is 2.29. The molecule has 0 heterocycles. The Balaban J connectivity index is 2.67. The highest BCUT2D eigenvalue weighted by atomic mass is 19.1. The maximum absolute atomic E-state index is 13.8. The standard InChI is InChI=1S/C14H12FNO2/c15-12-9-5-4-8-11(12)14(16,13(17)18)10-6-2-1-3-7-10/h1-9H,16H2,(H,17,18). The molecule has 2 rings (SSSR count). The van der Waals surface area contributed by atoms with Crippen molar-refractivity contribution in [3.8, 4) is 0 Å². The first-order valence-corrected chi connectivity index (χ1v) is 5.39. The molecule has 1 atom stereocenters. The molecule has 0 radical (unpaired) electrons. The SMILES string of the molecule is NC(C(=O)O)(c1ccccc1)c1ccccc1F. The lowest BCUT2D eigenvalue weighted by Crippen LogP contribution is -2.46. The van der Waals surface area contributed by atoms with Crippen LogP contribution in [0, 0.1) is 5.82 Å². The number of nitrogens with two attached hydrogens (primary N) is 1. The number of carbonyl (C=O) groups is 1. The largest absolute Gasteiger partial charge is 0.479 e. The van der Waals surface area contributed by atoms with E-state index in [0.717, 1.165) is 0 Å². The minimum Gasteiger partial charge on any atom is -0.479 e. The summed E-state index contributed by atoms with van der Waals surface area (Å²) in [5, 5.41) is 9.37. The lowest BCUT2D eigenvalue weighted by Gasteiger charge is -2.26. The first kappa shape index (κ1) is 12.3. The summed E-state index contributed by atoms with van der Waals surface area (Å²) in [6, 6.07) is 13.9. The normalized spacial score (nSPS) is 13.9. The molecule has 92 valence electrons. The second-order valence-electron chi connectivity index (χ2n) is 3.96. The van der Waals surface area contributed by atoms with Gasteiger partial charge in [0, 0.05) is 5.56 Å². The van der Waals surface area contributed by atoms with Crippen molar-refractivity contribution in [1.29, 1.82) is 0 Å². The zero-order valence-corrected chi connectivity index (χ0v) is 9.51. The van der Waals surface area contributed by atoms with Crippen LogP contribution in [0.25, 0.3) is 0 Å². The van der Waals surface area contributed by atoms with Gasteiger partial charge in [0.05, 0.1) is 0 Å². The molecular formula is C14H12FNO2. The summed E-state index contributed by atoms with van der Waals surface area (Å²) < 4.78 is 13.8. The van der Waals surface area contributed by atoms with Gasteiger partial charge in [0.25, 0.3) is 0 Å². The van der Waals surface area contributed by atoms with Gasteiger partial charge in [0.15, 0.2) is 5.54 Å². The highest BCUT2D eigenvalue weighted by Gasteiger charge is 2.40. The molecule has 2 aromatic rings. The summed E-state index contributed by atoms with van der Waals surface area (Å²) in [4.78, 5) is 11.5. The summed E-state index contributed by atoms with van der Waals surface area (Å²) in [5.41, 5.74) is 4.35. The average Bonchev–Trinajstić information content (AvgIpc) is 2.39. The van der Waals surface area contributed by atoms with Crippen LogP contribution in [0.2, 0.25) is 0 Å². The molecule has 0 saturated carbocycles. The Hall–Kier alpha value is -2.20. The fourth-order valence-corrected chi connectivity index (χ4v) is 1.88. The monoisotopic (exact) mass is 245 g/mol. The van der Waals surface area contributed by atoms with Crippen LogP contribution in [0.5, 0.6) is 0 Å². The number of rotatable bonds is 3. The van der Waals surface area contributed by atoms with Crippen LogP contribution in [0.1, 0.15) is 11.1 Å². The number of carboxylic acids is 1. The van der Waals surface area contributed by atoms with Gasteiger partial charge in [-0.2, -0.15) is 0 Å². The summed E-state index contributed by atoms with van der Waals surface area (Å²) in [6.07, 6.45) is 0. The van der Waals surface area contributed by atoms with Crippen LogP contribution in [-0.2, 0) is 10.3 Å². The van der Waals surface area contributed by atoms with Gasteiger partial charge in [-0.25, -0.2) is 9.18 Å². The third-order valence-corrected chi connectivity index (χ3v) is 2.87. The molecular weight excluding hydrogens is 233 g/mol. The second kappa shape index (κ2) is 4.58. The van der Waals surface area contributed by atoms with Gasteiger partial charge in [-0.15, -0.1) is 0 Å². The molecule has 0 spiro atoms. The molecule has 0 aliphatic heterocycles. The van der Waals surface area contributed by atoms with Crippen LogP contribution in [0.4, 0.5) is 4.39 Å². The van der Waals surface area contributed by atoms with E-state index in [-0.39, 0.29) is 5.56 Å². The first-order valence-electron chi connectivity index (χ1n) is 5.39. The lowest BCUT2D eigenvalue weighted by atomic mass is 9.83. The van der Waals surface area contributed by atoms with E-state index >= 15 is 0 Å². The number of halogens is 1. The van der Waals surface area contributed by atoms with Crippen molar-refractivity contribution in [3.63, 3.8) is 0 Å². The van der Waals surface area contributed by atoms with E-state index in [2.05, 4.69) is 0 Å². The van der Waals surface area contributed by atoms with Crippen LogP contribution < -0.4 is 5.73 Å². The van der Waals surface area contributed by atoms with Crippen molar-refractivity contribution in [2.45, 2.75) is 5.54 Å². The third-order valence-electron chi connectivity index (χ3n) is 2.87. The predicted octanol–water partition coefficient (Wildman–Crippen LogP) is 2.11. The summed E-state index contributed by atoms with van der Waals surface area (Å²) in [7, 11) is 0. The van der Waals surface area contributed by atoms with Crippen LogP contribution in [-0.4, -0.2) is 11.1 Å². The Morgan fingerprint density at radius 2 is 1.61 bits per heavy atom. The number of hydrogen-bond acceptors (Lipinski definition) is 2. The molecule has 0 aromatic heterocycles. The molecule has 0 fully saturated rings. The predicted molar refractivity (Wildman–Crippen MR) is 65.4 cm³/mol. The quantitative estimate of drug-likeness (QED) is 0.870. The van der Waals surface area contributed by atoms with Crippen molar-refractivity contribution in [3.05, 3.63) is 71.5 Å². The van der Waals surface area contributed by atoms with Gasteiger partial charge in [-0.3, -0.25) is 0 Å². The Bertz CT molecular complexity index is 571. The maximum Gasteiger partial charge on any atom is 0.333 e. The van der Waals surface area contributed by atoms with Crippen molar-refractivity contribution >= 4 is 5.97 Å². The van der Waals surface area contributed by atoms with Crippen molar-refractivity contribution in [2.75, 3.05) is 0 Å². The van der Waals surface area contributed by atoms with Crippen LogP contribution in [0.3, 0.4) is 0 Å². The fourth-order valence-electron chi connectivity index (χ4n) is 1.88. The summed E-state index contributed by atoms with van der Waals surface area (Å²) >= 11 is 0. The van der Waals surface area contributed by atoms with E-state index in [1.54, 1.807) is 36.4 Å². The molecule has 0 saturated heterocycles. The minimum absolute atomic E-state index is 0.0521. The molecule has 0 aliphatic rings. The van der Waals surface area contributed by atoms with Crippen molar-refractivity contribution < 1.29 is 14.3 Å². The molecule has 0 amide bonds. The van der Waals surface area contributed by atoms with E-state index < -0.39 is 17.3 Å². The van der Waals surface area contributed by atoms with Gasteiger partial charge in [0.1, 0.15) is 5.82 Å². The van der Waals surface area contributed by atoms with Gasteiger partial charge in [0.2, 0.25) is 0 Å². The van der Waals surface area contributed by atoms with Crippen LogP contribution >= 0.6 is 0 Å². The fraction of sp³-hybridized carbons (Fsp3) is 0.0714. The number of carboxylic acid groups (broad SMARTS) is 1. The zero-order valence-electron chi connectivity index (χ0n) is 9.51. The Labute approximate surface area is 104 Å². The molecule has 2 aromatic carbocycles. The Morgan fingerprint density at radius 1 is 1.06 bits per heavy atom. The van der Waals surface area contributed by atoms with Gasteiger partial charge in [-0.1, -0.05) is 48.5 Å². The van der Waals surface area contributed by atoms with Crippen molar-refractivity contribution in [1.82, 2.24) is 0 Å². The number of hydrogen-bond donors (Lipinski definition) is 2. The number of aliphatic carboxylic acids is 1. The van der Waals surface area contributed by atoms with Gasteiger partial charge in [-0.05, 0) is 11.6 Å².